The Morgan fingerprint density at radius 3 is 2.43 bits per heavy atom. The summed E-state index contributed by atoms with van der Waals surface area (Å²) in [5.74, 6) is 0.769. The van der Waals surface area contributed by atoms with Gasteiger partial charge in [-0.1, -0.05) is 40.6 Å². The Morgan fingerprint density at radius 2 is 1.80 bits per heavy atom. The number of benzene rings is 2. The molecule has 0 spiro atoms. The van der Waals surface area contributed by atoms with Crippen molar-refractivity contribution in [3.05, 3.63) is 52.0 Å². The minimum absolute atomic E-state index is 0. The number of likely N-dealkylation sites (N-methyl/N-ethyl adjacent to an activating group) is 1. The molecule has 0 fully saturated rings. The zero-order valence-corrected chi connectivity index (χ0v) is 21.0. The van der Waals surface area contributed by atoms with E-state index in [9.17, 15) is 4.79 Å². The second-order valence-electron chi connectivity index (χ2n) is 6.94. The highest BCUT2D eigenvalue weighted by atomic mass is 35.5. The van der Waals surface area contributed by atoms with E-state index in [0.29, 0.717) is 33.9 Å². The average Bonchev–Trinajstić information content (AvgIpc) is 3.13. The van der Waals surface area contributed by atoms with Crippen LogP contribution in [0.15, 0.2) is 41.3 Å². The number of hydrogen-bond donors (Lipinski definition) is 0. The molecule has 4 nitrogen and oxygen atoms in total. The van der Waals surface area contributed by atoms with Gasteiger partial charge in [0.15, 0.2) is 5.13 Å². The third-order valence-electron chi connectivity index (χ3n) is 4.39. The van der Waals surface area contributed by atoms with Gasteiger partial charge in [-0.25, -0.2) is 4.98 Å². The summed E-state index contributed by atoms with van der Waals surface area (Å²) in [6.07, 6.45) is 0.434. The quantitative estimate of drug-likeness (QED) is 0.332. The van der Waals surface area contributed by atoms with Crippen LogP contribution in [0.25, 0.3) is 10.2 Å². The van der Waals surface area contributed by atoms with Crippen molar-refractivity contribution in [1.29, 1.82) is 0 Å². The first-order valence-corrected chi connectivity index (χ1v) is 11.8. The molecule has 0 bridgehead atoms. The van der Waals surface area contributed by atoms with Crippen LogP contribution in [0.2, 0.25) is 10.0 Å². The van der Waals surface area contributed by atoms with E-state index in [1.165, 1.54) is 11.3 Å². The van der Waals surface area contributed by atoms with Crippen LogP contribution in [0.5, 0.6) is 0 Å². The molecule has 1 amide bonds. The fourth-order valence-corrected chi connectivity index (χ4v) is 5.08. The summed E-state index contributed by atoms with van der Waals surface area (Å²) < 4.78 is 0.930. The monoisotopic (exact) mass is 503 g/mol. The Kier molecular flexibility index (Phi) is 9.72. The summed E-state index contributed by atoms with van der Waals surface area (Å²) in [5.41, 5.74) is 1.93. The van der Waals surface area contributed by atoms with E-state index in [1.807, 2.05) is 57.4 Å². The van der Waals surface area contributed by atoms with Gasteiger partial charge in [-0.05, 0) is 56.9 Å². The summed E-state index contributed by atoms with van der Waals surface area (Å²) in [4.78, 5) is 22.8. The highest BCUT2D eigenvalue weighted by molar-refractivity contribution is 7.99. The van der Waals surface area contributed by atoms with Gasteiger partial charge in [0.05, 0.1) is 15.2 Å². The molecule has 3 aromatic rings. The smallest absolute Gasteiger partial charge is 0.229 e. The molecule has 162 valence electrons. The van der Waals surface area contributed by atoms with Gasteiger partial charge in [0.1, 0.15) is 0 Å². The summed E-state index contributed by atoms with van der Waals surface area (Å²) in [7, 11) is 4.00. The van der Waals surface area contributed by atoms with Crippen LogP contribution in [-0.2, 0) is 4.79 Å². The predicted octanol–water partition coefficient (Wildman–Crippen LogP) is 6.41. The van der Waals surface area contributed by atoms with Crippen molar-refractivity contribution in [1.82, 2.24) is 9.88 Å². The molecule has 0 saturated carbocycles. The van der Waals surface area contributed by atoms with Crippen molar-refractivity contribution in [3.8, 4) is 0 Å². The molecule has 3 rings (SSSR count). The van der Waals surface area contributed by atoms with Crippen molar-refractivity contribution in [2.75, 3.05) is 37.8 Å². The maximum atomic E-state index is 13.1. The second kappa shape index (κ2) is 11.6. The van der Waals surface area contributed by atoms with Crippen molar-refractivity contribution in [2.24, 2.45) is 0 Å². The largest absolute Gasteiger partial charge is 0.308 e. The fraction of sp³-hybridized carbons (Fsp3) is 0.333. The molecule has 2 aromatic carbocycles. The lowest BCUT2D eigenvalue weighted by molar-refractivity contribution is -0.118. The first kappa shape index (κ1) is 25.2. The van der Waals surface area contributed by atoms with Gasteiger partial charge in [0.2, 0.25) is 5.91 Å². The van der Waals surface area contributed by atoms with Gasteiger partial charge in [-0.2, -0.15) is 0 Å². The molecule has 0 unspecified atom stereocenters. The van der Waals surface area contributed by atoms with Crippen LogP contribution in [-0.4, -0.2) is 48.7 Å². The number of aromatic nitrogens is 1. The number of amides is 1. The number of rotatable bonds is 8. The number of fused-ring (bicyclic) bond motifs is 1. The van der Waals surface area contributed by atoms with Crippen LogP contribution in [0.1, 0.15) is 12.0 Å². The van der Waals surface area contributed by atoms with Crippen LogP contribution < -0.4 is 4.90 Å². The van der Waals surface area contributed by atoms with Crippen LogP contribution in [0.3, 0.4) is 0 Å². The maximum absolute atomic E-state index is 13.1. The summed E-state index contributed by atoms with van der Waals surface area (Å²) in [5, 5.41) is 2.09. The van der Waals surface area contributed by atoms with Gasteiger partial charge >= 0.3 is 0 Å². The third kappa shape index (κ3) is 6.49. The molecule has 1 heterocycles. The Bertz CT molecular complexity index is 954. The molecule has 30 heavy (non-hydrogen) atoms. The highest BCUT2D eigenvalue weighted by Gasteiger charge is 2.21. The van der Waals surface area contributed by atoms with Crippen LogP contribution in [0, 0.1) is 6.92 Å². The molecular weight excluding hydrogens is 481 g/mol. The summed E-state index contributed by atoms with van der Waals surface area (Å²) in [6, 6.07) is 11.5. The first-order chi connectivity index (χ1) is 13.8. The Labute approximate surface area is 202 Å². The van der Waals surface area contributed by atoms with Crippen LogP contribution >= 0.6 is 58.7 Å². The Balaban J connectivity index is 0.00000320. The molecule has 0 radical (unpaired) electrons. The molecular formula is C21H24Cl3N3OS2. The van der Waals surface area contributed by atoms with Crippen molar-refractivity contribution in [3.63, 3.8) is 0 Å². The van der Waals surface area contributed by atoms with Crippen molar-refractivity contribution < 1.29 is 4.79 Å². The average molecular weight is 505 g/mol. The minimum Gasteiger partial charge on any atom is -0.308 e. The van der Waals surface area contributed by atoms with Crippen molar-refractivity contribution in [2.45, 2.75) is 18.2 Å². The number of nitrogens with zero attached hydrogens (tertiary/aromatic N) is 3. The fourth-order valence-electron chi connectivity index (χ4n) is 2.76. The van der Waals surface area contributed by atoms with Gasteiger partial charge in [-0.3, -0.25) is 9.69 Å². The van der Waals surface area contributed by atoms with Gasteiger partial charge in [0, 0.05) is 35.2 Å². The van der Waals surface area contributed by atoms with Gasteiger partial charge in [-0.15, -0.1) is 24.2 Å². The highest BCUT2D eigenvalue weighted by Crippen LogP contribution is 2.36. The zero-order valence-electron chi connectivity index (χ0n) is 17.0. The third-order valence-corrected chi connectivity index (χ3v) is 7.19. The Morgan fingerprint density at radius 1 is 1.10 bits per heavy atom. The van der Waals surface area contributed by atoms with Gasteiger partial charge < -0.3 is 4.90 Å². The van der Waals surface area contributed by atoms with E-state index in [-0.39, 0.29) is 18.3 Å². The van der Waals surface area contributed by atoms with Gasteiger partial charge in [0.25, 0.3) is 0 Å². The topological polar surface area (TPSA) is 36.4 Å². The second-order valence-corrected chi connectivity index (χ2v) is 9.93. The number of carbonyl (C=O) groups is 1. The van der Waals surface area contributed by atoms with Crippen molar-refractivity contribution >= 4 is 80.0 Å². The molecule has 0 aliphatic carbocycles. The van der Waals surface area contributed by atoms with E-state index in [1.54, 1.807) is 16.7 Å². The minimum atomic E-state index is 0. The van der Waals surface area contributed by atoms with E-state index in [4.69, 9.17) is 28.2 Å². The number of halogens is 3. The van der Waals surface area contributed by atoms with E-state index in [0.717, 1.165) is 27.2 Å². The lowest BCUT2D eigenvalue weighted by Crippen LogP contribution is -2.36. The predicted molar refractivity (Wildman–Crippen MR) is 134 cm³/mol. The normalized spacial score (nSPS) is 11.0. The lowest BCUT2D eigenvalue weighted by atomic mass is 10.2. The van der Waals surface area contributed by atoms with E-state index in [2.05, 4.69) is 4.90 Å². The maximum Gasteiger partial charge on any atom is 0.229 e. The molecule has 9 heteroatoms. The SMILES string of the molecule is Cc1ccc(Cl)c2sc(N(CCN(C)C)C(=O)CCSc3ccc(Cl)cc3)nc12.Cl. The lowest BCUT2D eigenvalue weighted by Gasteiger charge is -2.22. The number of hydrogen-bond acceptors (Lipinski definition) is 5. The standard InChI is InChI=1S/C21H23Cl2N3OS2.ClH/c1-14-4-9-17(23)20-19(14)24-21(29-20)26(12-11-25(2)3)18(27)10-13-28-16-7-5-15(22)6-8-16;/h4-9H,10-13H2,1-3H3;1H. The van der Waals surface area contributed by atoms with Crippen LogP contribution in [0.4, 0.5) is 5.13 Å². The number of aryl methyl sites for hydroxylation is 1. The van der Waals surface area contributed by atoms with E-state index < -0.39 is 0 Å². The number of thioether (sulfide) groups is 1. The number of carbonyl (C=O) groups excluding carboxylic acids is 1. The summed E-state index contributed by atoms with van der Waals surface area (Å²) in [6.45, 7) is 3.36. The molecule has 0 aliphatic rings. The summed E-state index contributed by atoms with van der Waals surface area (Å²) >= 11 is 15.4. The molecule has 0 atom stereocenters. The molecule has 0 aliphatic heterocycles. The Hall–Kier alpha value is -1.02. The molecule has 0 saturated heterocycles. The first-order valence-electron chi connectivity index (χ1n) is 9.24. The molecule has 0 N–H and O–H groups in total. The molecule has 1 aromatic heterocycles. The van der Waals surface area contributed by atoms with E-state index >= 15 is 0 Å². The number of anilines is 1. The number of thiazole rings is 1. The zero-order chi connectivity index (χ0) is 21.0.